The second-order valence-corrected chi connectivity index (χ2v) is 5.71. The number of nitrogens with two attached hydrogens (primary N) is 2. The third-order valence-electron chi connectivity index (χ3n) is 3.74. The monoisotopic (exact) mass is 277 g/mol. The summed E-state index contributed by atoms with van der Waals surface area (Å²) in [6, 6.07) is 7.83. The molecule has 112 valence electrons. The maximum atomic E-state index is 12.1. The van der Waals surface area contributed by atoms with E-state index in [1.54, 1.807) is 4.90 Å². The molecule has 1 atom stereocenters. The molecule has 0 bridgehead atoms. The molecule has 0 aromatic heterocycles. The zero-order valence-corrected chi connectivity index (χ0v) is 12.8. The number of hydrogen-bond acceptors (Lipinski definition) is 3. The van der Waals surface area contributed by atoms with Crippen LogP contribution in [0.2, 0.25) is 0 Å². The number of nitrogen functional groups attached to an aromatic ring is 1. The molecule has 4 heteroatoms. The van der Waals surface area contributed by atoms with Crippen molar-refractivity contribution in [3.63, 3.8) is 0 Å². The first kappa shape index (κ1) is 16.5. The van der Waals surface area contributed by atoms with Gasteiger partial charge in [-0.25, -0.2) is 0 Å². The minimum Gasteiger partial charge on any atom is -0.399 e. The van der Waals surface area contributed by atoms with Crippen LogP contribution in [0.5, 0.6) is 0 Å². The lowest BCUT2D eigenvalue weighted by atomic mass is 10.0. The Hall–Kier alpha value is -1.55. The summed E-state index contributed by atoms with van der Waals surface area (Å²) in [4.78, 5) is 13.8. The fraction of sp³-hybridized carbons (Fsp3) is 0.562. The fourth-order valence-electron chi connectivity index (χ4n) is 2.00. The van der Waals surface area contributed by atoms with E-state index in [4.69, 9.17) is 11.5 Å². The third-order valence-corrected chi connectivity index (χ3v) is 3.74. The van der Waals surface area contributed by atoms with Gasteiger partial charge in [-0.15, -0.1) is 0 Å². The number of anilines is 1. The van der Waals surface area contributed by atoms with Crippen LogP contribution in [0.15, 0.2) is 24.3 Å². The smallest absolute Gasteiger partial charge is 0.222 e. The standard InChI is InChI=1S/C16H27N3O/c1-12(2)14(17)10-11-19(3)16(20)9-8-13-6-4-5-7-15(13)18/h4-7,12,14H,8-11,17-18H2,1-3H3. The molecule has 0 spiro atoms. The number of amides is 1. The van der Waals surface area contributed by atoms with Crippen molar-refractivity contribution in [2.75, 3.05) is 19.3 Å². The van der Waals surface area contributed by atoms with Crippen molar-refractivity contribution >= 4 is 11.6 Å². The number of benzene rings is 1. The third kappa shape index (κ3) is 5.21. The van der Waals surface area contributed by atoms with Gasteiger partial charge in [0.25, 0.3) is 0 Å². The summed E-state index contributed by atoms with van der Waals surface area (Å²) in [5, 5.41) is 0. The molecule has 1 unspecified atom stereocenters. The molecule has 1 aromatic rings. The van der Waals surface area contributed by atoms with Gasteiger partial charge in [-0.1, -0.05) is 32.0 Å². The Morgan fingerprint density at radius 3 is 2.55 bits per heavy atom. The molecule has 0 heterocycles. The summed E-state index contributed by atoms with van der Waals surface area (Å²) >= 11 is 0. The van der Waals surface area contributed by atoms with Gasteiger partial charge in [0.2, 0.25) is 5.91 Å². The quantitative estimate of drug-likeness (QED) is 0.749. The molecule has 0 aliphatic heterocycles. The number of hydrogen-bond donors (Lipinski definition) is 2. The van der Waals surface area contributed by atoms with Crippen molar-refractivity contribution in [2.45, 2.75) is 39.2 Å². The van der Waals surface area contributed by atoms with Crippen molar-refractivity contribution in [3.05, 3.63) is 29.8 Å². The fourth-order valence-corrected chi connectivity index (χ4v) is 2.00. The van der Waals surface area contributed by atoms with Gasteiger partial charge in [0.05, 0.1) is 0 Å². The molecule has 1 rings (SSSR count). The van der Waals surface area contributed by atoms with E-state index in [0.717, 1.165) is 17.7 Å². The molecule has 4 N–H and O–H groups in total. The summed E-state index contributed by atoms with van der Waals surface area (Å²) in [6.45, 7) is 4.91. The SMILES string of the molecule is CC(C)C(N)CCN(C)C(=O)CCc1ccccc1N. The predicted molar refractivity (Wildman–Crippen MR) is 84.2 cm³/mol. The molecule has 0 saturated carbocycles. The lowest BCUT2D eigenvalue weighted by Gasteiger charge is -2.21. The highest BCUT2D eigenvalue weighted by atomic mass is 16.2. The van der Waals surface area contributed by atoms with Gasteiger partial charge in [-0.3, -0.25) is 4.79 Å². The molecule has 0 radical (unpaired) electrons. The zero-order valence-electron chi connectivity index (χ0n) is 12.8. The maximum absolute atomic E-state index is 12.1. The Balaban J connectivity index is 2.37. The Labute approximate surface area is 122 Å². The number of para-hydroxylation sites is 1. The number of aryl methyl sites for hydroxylation is 1. The molecule has 0 aliphatic carbocycles. The van der Waals surface area contributed by atoms with Gasteiger partial charge in [0.1, 0.15) is 0 Å². The van der Waals surface area contributed by atoms with Crippen LogP contribution in [0.3, 0.4) is 0 Å². The van der Waals surface area contributed by atoms with Crippen LogP contribution in [0.25, 0.3) is 0 Å². The van der Waals surface area contributed by atoms with Crippen LogP contribution in [0.1, 0.15) is 32.3 Å². The summed E-state index contributed by atoms with van der Waals surface area (Å²) < 4.78 is 0. The molecule has 1 amide bonds. The lowest BCUT2D eigenvalue weighted by molar-refractivity contribution is -0.129. The van der Waals surface area contributed by atoms with Crippen molar-refractivity contribution in [1.29, 1.82) is 0 Å². The molecule has 0 fully saturated rings. The number of rotatable bonds is 7. The highest BCUT2D eigenvalue weighted by Gasteiger charge is 2.13. The van der Waals surface area contributed by atoms with Crippen LogP contribution in [-0.2, 0) is 11.2 Å². The second kappa shape index (κ2) is 7.90. The molecule has 4 nitrogen and oxygen atoms in total. The van der Waals surface area contributed by atoms with Gasteiger partial charge >= 0.3 is 0 Å². The van der Waals surface area contributed by atoms with Crippen LogP contribution in [0, 0.1) is 5.92 Å². The predicted octanol–water partition coefficient (Wildman–Crippen LogP) is 2.03. The molecular formula is C16H27N3O. The van der Waals surface area contributed by atoms with Gasteiger partial charge in [-0.2, -0.15) is 0 Å². The summed E-state index contributed by atoms with van der Waals surface area (Å²) in [5.41, 5.74) is 13.7. The van der Waals surface area contributed by atoms with E-state index in [9.17, 15) is 4.79 Å². The molecule has 1 aromatic carbocycles. The van der Waals surface area contributed by atoms with Crippen molar-refractivity contribution in [3.8, 4) is 0 Å². The number of nitrogens with zero attached hydrogens (tertiary/aromatic N) is 1. The average Bonchev–Trinajstić information content (AvgIpc) is 2.42. The van der Waals surface area contributed by atoms with Gasteiger partial charge < -0.3 is 16.4 Å². The van der Waals surface area contributed by atoms with Gasteiger partial charge in [-0.05, 0) is 30.4 Å². The van der Waals surface area contributed by atoms with E-state index in [1.165, 1.54) is 0 Å². The second-order valence-electron chi connectivity index (χ2n) is 5.71. The van der Waals surface area contributed by atoms with Crippen molar-refractivity contribution in [1.82, 2.24) is 4.90 Å². The van der Waals surface area contributed by atoms with Gasteiger partial charge in [0.15, 0.2) is 0 Å². The highest BCUT2D eigenvalue weighted by Crippen LogP contribution is 2.13. The van der Waals surface area contributed by atoms with E-state index in [2.05, 4.69) is 13.8 Å². The first-order valence-electron chi connectivity index (χ1n) is 7.24. The van der Waals surface area contributed by atoms with E-state index >= 15 is 0 Å². The van der Waals surface area contributed by atoms with E-state index in [1.807, 2.05) is 31.3 Å². The Kier molecular flexibility index (Phi) is 6.52. The van der Waals surface area contributed by atoms with Crippen LogP contribution in [-0.4, -0.2) is 30.4 Å². The zero-order chi connectivity index (χ0) is 15.1. The Morgan fingerprint density at radius 2 is 1.95 bits per heavy atom. The number of carbonyl (C=O) groups is 1. The first-order valence-corrected chi connectivity index (χ1v) is 7.24. The summed E-state index contributed by atoms with van der Waals surface area (Å²) in [7, 11) is 1.84. The minimum absolute atomic E-state index is 0.143. The molecule has 0 saturated heterocycles. The normalized spacial score (nSPS) is 12.4. The van der Waals surface area contributed by atoms with E-state index in [0.29, 0.717) is 25.3 Å². The Morgan fingerprint density at radius 1 is 1.30 bits per heavy atom. The Bertz CT molecular complexity index is 431. The van der Waals surface area contributed by atoms with E-state index < -0.39 is 0 Å². The van der Waals surface area contributed by atoms with Crippen LogP contribution < -0.4 is 11.5 Å². The minimum atomic E-state index is 0.143. The van der Waals surface area contributed by atoms with Crippen molar-refractivity contribution in [2.24, 2.45) is 11.7 Å². The lowest BCUT2D eigenvalue weighted by Crippen LogP contribution is -2.34. The molecular weight excluding hydrogens is 250 g/mol. The van der Waals surface area contributed by atoms with Crippen molar-refractivity contribution < 1.29 is 4.79 Å². The number of carbonyl (C=O) groups excluding carboxylic acids is 1. The van der Waals surface area contributed by atoms with E-state index in [-0.39, 0.29) is 11.9 Å². The first-order chi connectivity index (χ1) is 9.41. The largest absolute Gasteiger partial charge is 0.399 e. The van der Waals surface area contributed by atoms with Crippen LogP contribution >= 0.6 is 0 Å². The summed E-state index contributed by atoms with van der Waals surface area (Å²) in [6.07, 6.45) is 2.01. The maximum Gasteiger partial charge on any atom is 0.222 e. The van der Waals surface area contributed by atoms with Crippen LogP contribution in [0.4, 0.5) is 5.69 Å². The molecule has 0 aliphatic rings. The molecule has 20 heavy (non-hydrogen) atoms. The average molecular weight is 277 g/mol. The van der Waals surface area contributed by atoms with Gasteiger partial charge in [0, 0.05) is 31.7 Å². The topological polar surface area (TPSA) is 72.3 Å². The summed E-state index contributed by atoms with van der Waals surface area (Å²) in [5.74, 6) is 0.590. The highest BCUT2D eigenvalue weighted by molar-refractivity contribution is 5.76.